The zero-order valence-electron chi connectivity index (χ0n) is 16.1. The molecule has 0 fully saturated rings. The number of anilines is 2. The van der Waals surface area contributed by atoms with Crippen LogP contribution in [0.3, 0.4) is 0 Å². The third kappa shape index (κ3) is 3.86. The van der Waals surface area contributed by atoms with Gasteiger partial charge >= 0.3 is 0 Å². The Labute approximate surface area is 158 Å². The molecule has 1 aromatic carbocycles. The van der Waals surface area contributed by atoms with Crippen LogP contribution in [0.2, 0.25) is 0 Å². The first-order valence-electron chi connectivity index (χ1n) is 9.15. The van der Waals surface area contributed by atoms with Gasteiger partial charge in [-0.3, -0.25) is 4.79 Å². The Morgan fingerprint density at radius 3 is 2.37 bits per heavy atom. The van der Waals surface area contributed by atoms with Crippen LogP contribution in [0.25, 0.3) is 11.5 Å². The van der Waals surface area contributed by atoms with Gasteiger partial charge in [0.2, 0.25) is 5.76 Å². The quantitative estimate of drug-likeness (QED) is 0.669. The molecular formula is C20H24N4O3. The maximum Gasteiger partial charge on any atom is 0.261 e. The van der Waals surface area contributed by atoms with E-state index in [9.17, 15) is 4.79 Å². The number of aromatic nitrogens is 2. The van der Waals surface area contributed by atoms with Crippen LogP contribution in [0, 0.1) is 6.92 Å². The Bertz CT molecular complexity index is 908. The number of nitrogens with one attached hydrogen (secondary N) is 1. The molecule has 0 saturated heterocycles. The van der Waals surface area contributed by atoms with E-state index in [0.29, 0.717) is 34.8 Å². The maximum absolute atomic E-state index is 12.8. The van der Waals surface area contributed by atoms with Crippen molar-refractivity contribution in [2.24, 2.45) is 0 Å². The van der Waals surface area contributed by atoms with Gasteiger partial charge in [-0.15, -0.1) is 0 Å². The van der Waals surface area contributed by atoms with Crippen LogP contribution in [0.4, 0.5) is 11.4 Å². The zero-order chi connectivity index (χ0) is 19.4. The Kier molecular flexibility index (Phi) is 5.59. The lowest BCUT2D eigenvalue weighted by Gasteiger charge is -2.21. The fourth-order valence-electron chi connectivity index (χ4n) is 2.94. The van der Waals surface area contributed by atoms with E-state index in [4.69, 9.17) is 9.05 Å². The fraction of sp³-hybridized carbons (Fsp3) is 0.350. The highest BCUT2D eigenvalue weighted by Crippen LogP contribution is 2.27. The second-order valence-electron chi connectivity index (χ2n) is 6.18. The SMILES string of the molecule is CCc1cc(-c2onc(C)c2C(=O)Nc2ccc(N(CC)CC)cc2)no1. The molecule has 0 atom stereocenters. The average molecular weight is 368 g/mol. The van der Waals surface area contributed by atoms with Crippen molar-refractivity contribution >= 4 is 17.3 Å². The minimum absolute atomic E-state index is 0.291. The molecule has 1 amide bonds. The highest BCUT2D eigenvalue weighted by atomic mass is 16.5. The van der Waals surface area contributed by atoms with Gasteiger partial charge in [0.05, 0.1) is 5.69 Å². The van der Waals surface area contributed by atoms with E-state index in [1.54, 1.807) is 13.0 Å². The van der Waals surface area contributed by atoms with Crippen molar-refractivity contribution in [2.75, 3.05) is 23.3 Å². The van der Waals surface area contributed by atoms with E-state index >= 15 is 0 Å². The molecule has 0 bridgehead atoms. The van der Waals surface area contributed by atoms with Gasteiger partial charge in [0.25, 0.3) is 5.91 Å². The summed E-state index contributed by atoms with van der Waals surface area (Å²) in [6.07, 6.45) is 0.709. The number of rotatable bonds is 7. The van der Waals surface area contributed by atoms with Crippen LogP contribution < -0.4 is 10.2 Å². The molecule has 0 spiro atoms. The van der Waals surface area contributed by atoms with Gasteiger partial charge in [0.1, 0.15) is 11.3 Å². The van der Waals surface area contributed by atoms with Crippen molar-refractivity contribution in [2.45, 2.75) is 34.1 Å². The Hall–Kier alpha value is -3.09. The number of hydrogen-bond donors (Lipinski definition) is 1. The lowest BCUT2D eigenvalue weighted by Crippen LogP contribution is -2.21. The molecule has 0 aliphatic heterocycles. The number of carbonyl (C=O) groups excluding carboxylic acids is 1. The minimum atomic E-state index is -0.291. The van der Waals surface area contributed by atoms with Crippen LogP contribution in [0.15, 0.2) is 39.4 Å². The maximum atomic E-state index is 12.8. The van der Waals surface area contributed by atoms with Crippen LogP contribution in [0.5, 0.6) is 0 Å². The van der Waals surface area contributed by atoms with Crippen LogP contribution in [0.1, 0.15) is 42.6 Å². The summed E-state index contributed by atoms with van der Waals surface area (Å²) in [5, 5.41) is 10.8. The molecular weight excluding hydrogens is 344 g/mol. The van der Waals surface area contributed by atoms with Crippen molar-refractivity contribution < 1.29 is 13.8 Å². The van der Waals surface area contributed by atoms with Gasteiger partial charge < -0.3 is 19.3 Å². The largest absolute Gasteiger partial charge is 0.372 e. The topological polar surface area (TPSA) is 84.4 Å². The van der Waals surface area contributed by atoms with E-state index in [1.807, 2.05) is 31.2 Å². The lowest BCUT2D eigenvalue weighted by atomic mass is 10.1. The predicted molar refractivity (Wildman–Crippen MR) is 104 cm³/mol. The van der Waals surface area contributed by atoms with Gasteiger partial charge in [0, 0.05) is 37.0 Å². The average Bonchev–Trinajstić information content (AvgIpc) is 3.30. The van der Waals surface area contributed by atoms with E-state index in [2.05, 4.69) is 34.4 Å². The summed E-state index contributed by atoms with van der Waals surface area (Å²) in [6.45, 7) is 9.79. The highest BCUT2D eigenvalue weighted by molar-refractivity contribution is 6.08. The number of carbonyl (C=O) groups is 1. The molecule has 1 N–H and O–H groups in total. The first-order chi connectivity index (χ1) is 13.1. The first kappa shape index (κ1) is 18.7. The number of nitrogens with zero attached hydrogens (tertiary/aromatic N) is 3. The molecule has 0 unspecified atom stereocenters. The summed E-state index contributed by atoms with van der Waals surface area (Å²) in [5.41, 5.74) is 3.16. The monoisotopic (exact) mass is 368 g/mol. The summed E-state index contributed by atoms with van der Waals surface area (Å²) in [7, 11) is 0. The standard InChI is InChI=1S/C20H24N4O3/c1-5-16-12-17(23-26-16)19-18(13(4)22-27-19)20(25)21-14-8-10-15(11-9-14)24(6-2)7-3/h8-12H,5-7H2,1-4H3,(H,21,25). The second kappa shape index (κ2) is 8.07. The Balaban J connectivity index is 1.81. The molecule has 0 aliphatic rings. The number of amides is 1. The van der Waals surface area contributed by atoms with E-state index in [-0.39, 0.29) is 5.91 Å². The minimum Gasteiger partial charge on any atom is -0.372 e. The predicted octanol–water partition coefficient (Wildman–Crippen LogP) is 4.30. The fourth-order valence-corrected chi connectivity index (χ4v) is 2.94. The Morgan fingerprint density at radius 1 is 1.07 bits per heavy atom. The van der Waals surface area contributed by atoms with Gasteiger partial charge in [-0.05, 0) is 45.0 Å². The number of benzene rings is 1. The van der Waals surface area contributed by atoms with Crippen molar-refractivity contribution in [3.63, 3.8) is 0 Å². The van der Waals surface area contributed by atoms with Crippen molar-refractivity contribution in [3.8, 4) is 11.5 Å². The molecule has 7 nitrogen and oxygen atoms in total. The van der Waals surface area contributed by atoms with Crippen molar-refractivity contribution in [3.05, 3.63) is 47.3 Å². The zero-order valence-corrected chi connectivity index (χ0v) is 16.1. The van der Waals surface area contributed by atoms with Crippen molar-refractivity contribution in [1.29, 1.82) is 0 Å². The summed E-state index contributed by atoms with van der Waals surface area (Å²) >= 11 is 0. The second-order valence-corrected chi connectivity index (χ2v) is 6.18. The molecule has 2 heterocycles. The first-order valence-corrected chi connectivity index (χ1v) is 9.15. The normalized spacial score (nSPS) is 10.8. The lowest BCUT2D eigenvalue weighted by molar-refractivity contribution is 0.102. The van der Waals surface area contributed by atoms with E-state index < -0.39 is 0 Å². The van der Waals surface area contributed by atoms with Crippen LogP contribution in [-0.4, -0.2) is 29.3 Å². The summed E-state index contributed by atoms with van der Waals surface area (Å²) in [4.78, 5) is 15.1. The third-order valence-electron chi connectivity index (χ3n) is 4.48. The summed E-state index contributed by atoms with van der Waals surface area (Å²) < 4.78 is 10.6. The molecule has 7 heteroatoms. The molecule has 0 radical (unpaired) electrons. The summed E-state index contributed by atoms with van der Waals surface area (Å²) in [5.74, 6) is 0.742. The van der Waals surface area contributed by atoms with Gasteiger partial charge in [-0.2, -0.15) is 0 Å². The molecule has 3 rings (SSSR count). The Morgan fingerprint density at radius 2 is 1.78 bits per heavy atom. The van der Waals surface area contributed by atoms with Gasteiger partial charge in [0.15, 0.2) is 5.69 Å². The molecule has 2 aromatic heterocycles. The van der Waals surface area contributed by atoms with Gasteiger partial charge in [-0.1, -0.05) is 17.2 Å². The van der Waals surface area contributed by atoms with Crippen molar-refractivity contribution in [1.82, 2.24) is 10.3 Å². The smallest absolute Gasteiger partial charge is 0.261 e. The molecule has 3 aromatic rings. The molecule has 0 aliphatic carbocycles. The van der Waals surface area contributed by atoms with Gasteiger partial charge in [-0.25, -0.2) is 0 Å². The number of hydrogen-bond acceptors (Lipinski definition) is 6. The third-order valence-corrected chi connectivity index (χ3v) is 4.48. The molecule has 27 heavy (non-hydrogen) atoms. The van der Waals surface area contributed by atoms with E-state index in [1.165, 1.54) is 0 Å². The highest BCUT2D eigenvalue weighted by Gasteiger charge is 2.24. The molecule has 142 valence electrons. The number of aryl methyl sites for hydroxylation is 2. The summed E-state index contributed by atoms with van der Waals surface area (Å²) in [6, 6.07) is 9.53. The van der Waals surface area contributed by atoms with E-state index in [0.717, 1.165) is 24.5 Å². The van der Waals surface area contributed by atoms with Crippen LogP contribution >= 0.6 is 0 Å². The molecule has 0 saturated carbocycles. The van der Waals surface area contributed by atoms with Crippen LogP contribution in [-0.2, 0) is 6.42 Å².